The van der Waals surface area contributed by atoms with Crippen LogP contribution in [-0.2, 0) is 9.47 Å². The van der Waals surface area contributed by atoms with Crippen molar-refractivity contribution in [2.24, 2.45) is 5.92 Å². The Hall–Kier alpha value is -0.800. The number of hydrogen-bond donors (Lipinski definition) is 10. The number of aliphatic hydroxyl groups is 1. The minimum Gasteiger partial charge on any atom is -0.381 e. The van der Waals surface area contributed by atoms with Gasteiger partial charge in [0.05, 0.1) is 33.2 Å². The average Bonchev–Trinajstić information content (AvgIpc) is 4.39. The number of nitrogens with zero attached hydrogens (tertiary/aromatic N) is 8. The smallest absolute Gasteiger partial charge is 0.0957 e. The molecule has 0 aromatic carbocycles. The highest BCUT2D eigenvalue weighted by molar-refractivity contribution is 4.69. The normalized spacial score (nSPS) is 23.8. The monoisotopic (exact) mass is 1230 g/mol. The zero-order chi connectivity index (χ0) is 61.6. The predicted molar refractivity (Wildman–Crippen MR) is 373 cm³/mol. The maximum Gasteiger partial charge on any atom is 0.0957 e. The lowest BCUT2D eigenvalue weighted by Gasteiger charge is -2.31. The van der Waals surface area contributed by atoms with Crippen LogP contribution in [0.25, 0.3) is 0 Å². The lowest BCUT2D eigenvalue weighted by molar-refractivity contribution is 0.0405. The minimum absolute atomic E-state index is 0. The molecule has 0 aromatic heterocycles. The van der Waals surface area contributed by atoms with Crippen LogP contribution in [-0.4, -0.2) is 347 Å². The van der Waals surface area contributed by atoms with Crippen molar-refractivity contribution in [1.29, 1.82) is 0 Å². The number of rotatable bonds is 6. The fraction of sp³-hybridized carbons (Fsp3) is 1.00. The molecule has 0 saturated carbocycles. The molecule has 0 unspecified atom stereocenters. The first-order valence-corrected chi connectivity index (χ1v) is 35.6. The lowest BCUT2D eigenvalue weighted by Crippen LogP contribution is -2.44. The van der Waals surface area contributed by atoms with Crippen molar-refractivity contribution in [1.82, 2.24) is 87.1 Å². The maximum absolute atomic E-state index is 8.59. The molecule has 12 rings (SSSR count). The highest BCUT2D eigenvalue weighted by atomic mass is 16.5. The third-order valence-electron chi connectivity index (χ3n) is 17.1. The molecule has 0 aliphatic carbocycles. The van der Waals surface area contributed by atoms with E-state index < -0.39 is 0 Å². The number of piperazine rings is 5. The minimum atomic E-state index is 0. The number of hydrogen-bond acceptors (Lipinski definition) is 20. The summed E-state index contributed by atoms with van der Waals surface area (Å²) in [7, 11) is 4.34. The van der Waals surface area contributed by atoms with Gasteiger partial charge < -0.3 is 91.8 Å². The molecule has 12 aliphatic rings. The summed E-state index contributed by atoms with van der Waals surface area (Å²) in [6, 6.07) is 0. The summed E-state index contributed by atoms with van der Waals surface area (Å²) in [5, 5.41) is 37.8. The highest BCUT2D eigenvalue weighted by Crippen LogP contribution is 2.09. The highest BCUT2D eigenvalue weighted by Gasteiger charge is 2.12. The Balaban J connectivity index is 0.000000918. The van der Waals surface area contributed by atoms with Crippen molar-refractivity contribution >= 4 is 0 Å². The summed E-state index contributed by atoms with van der Waals surface area (Å²) in [6.07, 6.45) is 16.9. The summed E-state index contributed by atoms with van der Waals surface area (Å²) in [6.45, 7) is 63.6. The number of nitrogens with one attached hydrogen (secondary N) is 9. The summed E-state index contributed by atoms with van der Waals surface area (Å²) < 4.78 is 10.2. The number of piperidine rings is 3. The molecule has 12 heterocycles. The molecule has 0 aromatic rings. The zero-order valence-electron chi connectivity index (χ0n) is 57.5. The fourth-order valence-corrected chi connectivity index (χ4v) is 10.6. The Labute approximate surface area is 534 Å². The van der Waals surface area contributed by atoms with Crippen molar-refractivity contribution in [2.75, 3.05) is 302 Å². The molecule has 10 N–H and O–H groups in total. The van der Waals surface area contributed by atoms with Gasteiger partial charge in [0.15, 0.2) is 0 Å². The van der Waals surface area contributed by atoms with Gasteiger partial charge in [-0.2, -0.15) is 0 Å². The standard InChI is InChI=1S/C7H16N2.C7H15N.C6H14N2.C6H13NO.2C6H13N.C5H12N2O.C5H12N2.C5H11N.C4H10N2.C4H9NO.C4H9N.CH4/c1-3-9-6-4-8(2)5-7-9;1-2-8-6-4-3-5-7-8;1-2-8-5-3-7-4-6-8;1-2-7-3-5-8-6-4-7;1-6-2-4-7-5-3-6;1-2-7-5-3-4-6-7;8-5-7-3-1-6-2-4-7;1-7-4-2-6-3-5-7;1-2-4-6-5-3-1;1-2-6-4-3-5-1;1-3-6-4-2-5-1;1-2-4-5-3-1;/h3-7H2,1-2H3;2-7H2,1H3;7H,2-6H2,1H3;2-6H2,1H3;6-7H,2-5H2,1H3;2-6H2,1H3;6,8H,1-5H2;6H,2-5H2,1H3;6H,1-5H2;5-6H,1-4H2;5H,1-4H2;5H,1-4H2;1H4. The van der Waals surface area contributed by atoms with Gasteiger partial charge in [-0.3, -0.25) is 9.80 Å². The molecule has 0 spiro atoms. The van der Waals surface area contributed by atoms with Crippen LogP contribution in [0.4, 0.5) is 0 Å². The Kier molecular flexibility index (Phi) is 66.5. The van der Waals surface area contributed by atoms with Gasteiger partial charge in [0.25, 0.3) is 0 Å². The molecule has 0 radical (unpaired) electrons. The van der Waals surface area contributed by atoms with Gasteiger partial charge in [0.2, 0.25) is 0 Å². The summed E-state index contributed by atoms with van der Waals surface area (Å²) in [5.74, 6) is 0.973. The quantitative estimate of drug-likeness (QED) is 0.188. The van der Waals surface area contributed by atoms with E-state index >= 15 is 0 Å². The topological polar surface area (TPSA) is 173 Å². The van der Waals surface area contributed by atoms with Crippen LogP contribution in [0, 0.1) is 5.92 Å². The van der Waals surface area contributed by atoms with E-state index in [1.165, 1.54) is 241 Å². The van der Waals surface area contributed by atoms with Gasteiger partial charge >= 0.3 is 0 Å². The molecule has 12 aliphatic heterocycles. The van der Waals surface area contributed by atoms with Crippen molar-refractivity contribution < 1.29 is 14.6 Å². The second-order valence-electron chi connectivity index (χ2n) is 24.2. The van der Waals surface area contributed by atoms with Crippen LogP contribution in [0.2, 0.25) is 0 Å². The molecule has 518 valence electrons. The molecular formula is C66H151N17O3. The third-order valence-corrected chi connectivity index (χ3v) is 17.1. The number of morpholine rings is 2. The van der Waals surface area contributed by atoms with E-state index in [0.717, 1.165) is 124 Å². The van der Waals surface area contributed by atoms with E-state index in [9.17, 15) is 0 Å². The van der Waals surface area contributed by atoms with Crippen molar-refractivity contribution in [3.8, 4) is 0 Å². The summed E-state index contributed by atoms with van der Waals surface area (Å²) in [5.41, 5.74) is 0. The SMILES string of the molecule is C.C1CCNC1.C1CCNCC1.C1CNCCN1.C1COCCN1.CC1CCNCC1.CCN1CCCC1.CCN1CCCCC1.CCN1CCN(C)CC1.CCN1CCNCC1.CCN1CCOCC1.CN1CCNCC1.OCN1CCNCC1. The van der Waals surface area contributed by atoms with Crippen LogP contribution in [0.15, 0.2) is 0 Å². The van der Waals surface area contributed by atoms with Crippen molar-refractivity contribution in [3.05, 3.63) is 0 Å². The van der Waals surface area contributed by atoms with Crippen LogP contribution < -0.4 is 47.9 Å². The summed E-state index contributed by atoms with van der Waals surface area (Å²) >= 11 is 0. The van der Waals surface area contributed by atoms with E-state index in [1.807, 2.05) is 4.90 Å². The molecule has 12 fully saturated rings. The Morgan fingerprint density at radius 1 is 0.291 bits per heavy atom. The molecular weight excluding hydrogens is 1080 g/mol. The van der Waals surface area contributed by atoms with Crippen LogP contribution in [0.1, 0.15) is 126 Å². The maximum atomic E-state index is 8.59. The zero-order valence-corrected chi connectivity index (χ0v) is 57.5. The molecule has 12 saturated heterocycles. The molecule has 0 amide bonds. The Morgan fingerprint density at radius 3 is 0.837 bits per heavy atom. The van der Waals surface area contributed by atoms with E-state index in [0.29, 0.717) is 0 Å². The summed E-state index contributed by atoms with van der Waals surface area (Å²) in [4.78, 5) is 19.1. The number of aliphatic hydroxyl groups excluding tert-OH is 1. The number of likely N-dealkylation sites (N-methyl/N-ethyl adjacent to an activating group) is 5. The van der Waals surface area contributed by atoms with E-state index in [-0.39, 0.29) is 14.2 Å². The Morgan fingerprint density at radius 2 is 0.581 bits per heavy atom. The molecule has 0 atom stereocenters. The van der Waals surface area contributed by atoms with E-state index in [2.05, 4.69) is 138 Å². The van der Waals surface area contributed by atoms with Crippen molar-refractivity contribution in [2.45, 2.75) is 126 Å². The van der Waals surface area contributed by atoms with Gasteiger partial charge in [-0.25, -0.2) is 0 Å². The molecule has 20 nitrogen and oxygen atoms in total. The molecule has 86 heavy (non-hydrogen) atoms. The van der Waals surface area contributed by atoms with Crippen LogP contribution >= 0.6 is 0 Å². The average molecular weight is 1230 g/mol. The largest absolute Gasteiger partial charge is 0.381 e. The van der Waals surface area contributed by atoms with Crippen LogP contribution in [0.3, 0.4) is 0 Å². The molecule has 20 heteroatoms. The second kappa shape index (κ2) is 67.1. The van der Waals surface area contributed by atoms with E-state index in [4.69, 9.17) is 14.6 Å². The number of ether oxygens (including phenoxy) is 2. The van der Waals surface area contributed by atoms with Crippen LogP contribution in [0.5, 0.6) is 0 Å². The predicted octanol–water partition coefficient (Wildman–Crippen LogP) is 3.02. The number of likely N-dealkylation sites (tertiary alicyclic amines) is 2. The van der Waals surface area contributed by atoms with Gasteiger partial charge in [-0.05, 0) is 182 Å². The first kappa shape index (κ1) is 85.2. The molecule has 0 bridgehead atoms. The van der Waals surface area contributed by atoms with E-state index in [1.54, 1.807) is 0 Å². The van der Waals surface area contributed by atoms with Crippen molar-refractivity contribution in [3.63, 3.8) is 0 Å². The Bertz CT molecular complexity index is 1090. The van der Waals surface area contributed by atoms with Gasteiger partial charge in [-0.15, -0.1) is 0 Å². The van der Waals surface area contributed by atoms with Gasteiger partial charge in [0, 0.05) is 157 Å². The first-order chi connectivity index (χ1) is 41.8. The fourth-order valence-electron chi connectivity index (χ4n) is 10.6. The third kappa shape index (κ3) is 57.1. The lowest BCUT2D eigenvalue weighted by atomic mass is 10.0. The second-order valence-corrected chi connectivity index (χ2v) is 24.2. The first-order valence-electron chi connectivity index (χ1n) is 35.6. The van der Waals surface area contributed by atoms with Gasteiger partial charge in [-0.1, -0.05) is 61.8 Å². The van der Waals surface area contributed by atoms with Gasteiger partial charge in [0.1, 0.15) is 0 Å².